The van der Waals surface area contributed by atoms with Crippen molar-refractivity contribution in [2.24, 2.45) is 0 Å². The fraction of sp³-hybridized carbons (Fsp3) is 0.167. The molecule has 5 nitrogen and oxygen atoms in total. The number of halogens is 1. The Labute approximate surface area is 148 Å². The summed E-state index contributed by atoms with van der Waals surface area (Å²) in [7, 11) is 0. The molecule has 0 spiro atoms. The van der Waals surface area contributed by atoms with Crippen molar-refractivity contribution in [3.8, 4) is 0 Å². The Hall–Kier alpha value is -2.47. The molecule has 1 unspecified atom stereocenters. The minimum Gasteiger partial charge on any atom is -0.451 e. The van der Waals surface area contributed by atoms with Gasteiger partial charge in [-0.15, -0.1) is 0 Å². The third-order valence-corrected chi connectivity index (χ3v) is 3.73. The van der Waals surface area contributed by atoms with Crippen molar-refractivity contribution >= 4 is 39.3 Å². The molecule has 24 heavy (non-hydrogen) atoms. The van der Waals surface area contributed by atoms with Gasteiger partial charge in [-0.3, -0.25) is 9.59 Å². The first-order valence-electron chi connectivity index (χ1n) is 7.25. The summed E-state index contributed by atoms with van der Waals surface area (Å²) in [6.45, 7) is 2.91. The second-order valence-electron chi connectivity index (χ2n) is 5.18. The van der Waals surface area contributed by atoms with Crippen LogP contribution in [0.2, 0.25) is 0 Å². The first-order valence-corrected chi connectivity index (χ1v) is 8.04. The predicted octanol–water partition coefficient (Wildman–Crippen LogP) is 3.84. The highest BCUT2D eigenvalue weighted by Crippen LogP contribution is 2.15. The van der Waals surface area contributed by atoms with Crippen molar-refractivity contribution in [2.75, 3.05) is 5.32 Å². The Morgan fingerprint density at radius 3 is 2.33 bits per heavy atom. The van der Waals surface area contributed by atoms with Gasteiger partial charge in [0, 0.05) is 22.6 Å². The third-order valence-electron chi connectivity index (χ3n) is 3.20. The number of ketones is 1. The molecule has 0 aliphatic heterocycles. The summed E-state index contributed by atoms with van der Waals surface area (Å²) in [5, 5.41) is 2.59. The van der Waals surface area contributed by atoms with Gasteiger partial charge in [0.05, 0.1) is 5.56 Å². The lowest BCUT2D eigenvalue weighted by atomic mass is 10.1. The van der Waals surface area contributed by atoms with Crippen LogP contribution in [0.1, 0.15) is 34.6 Å². The van der Waals surface area contributed by atoms with Gasteiger partial charge in [0.2, 0.25) is 11.7 Å². The Bertz CT molecular complexity index is 771. The van der Waals surface area contributed by atoms with E-state index < -0.39 is 12.1 Å². The average molecular weight is 390 g/mol. The van der Waals surface area contributed by atoms with Crippen molar-refractivity contribution in [1.82, 2.24) is 0 Å². The molecule has 1 N–H and O–H groups in total. The monoisotopic (exact) mass is 389 g/mol. The van der Waals surface area contributed by atoms with Gasteiger partial charge < -0.3 is 10.1 Å². The van der Waals surface area contributed by atoms with Gasteiger partial charge in [0.1, 0.15) is 0 Å². The number of amides is 1. The molecule has 1 atom stereocenters. The molecule has 0 saturated carbocycles. The van der Waals surface area contributed by atoms with E-state index in [1.807, 2.05) is 0 Å². The normalized spacial score (nSPS) is 11.5. The number of rotatable bonds is 5. The number of esters is 1. The minimum atomic E-state index is -0.914. The van der Waals surface area contributed by atoms with Crippen molar-refractivity contribution in [3.63, 3.8) is 0 Å². The molecule has 0 radical (unpaired) electrons. The zero-order valence-corrected chi connectivity index (χ0v) is 14.8. The van der Waals surface area contributed by atoms with Crippen molar-refractivity contribution in [1.29, 1.82) is 0 Å². The van der Waals surface area contributed by atoms with Crippen LogP contribution in [0.5, 0.6) is 0 Å². The third kappa shape index (κ3) is 4.76. The number of nitrogens with one attached hydrogen (secondary N) is 1. The van der Waals surface area contributed by atoms with Gasteiger partial charge >= 0.3 is 5.97 Å². The maximum Gasteiger partial charge on any atom is 0.338 e. The van der Waals surface area contributed by atoms with E-state index in [1.165, 1.54) is 19.9 Å². The fourth-order valence-electron chi connectivity index (χ4n) is 2.06. The minimum absolute atomic E-state index is 0.237. The molecule has 1 amide bonds. The molecule has 6 heteroatoms. The molecular weight excluding hydrogens is 374 g/mol. The predicted molar refractivity (Wildman–Crippen MR) is 94.1 cm³/mol. The molecule has 124 valence electrons. The van der Waals surface area contributed by atoms with E-state index in [4.69, 9.17) is 4.74 Å². The molecule has 0 aliphatic carbocycles. The molecule has 2 rings (SSSR count). The number of benzene rings is 2. The van der Waals surface area contributed by atoms with Gasteiger partial charge in [-0.25, -0.2) is 4.79 Å². The molecule has 2 aromatic rings. The molecule has 0 aliphatic rings. The van der Waals surface area contributed by atoms with Crippen LogP contribution >= 0.6 is 15.9 Å². The standard InChI is InChI=1S/C18H16BrNO4/c1-11(17(22)13-6-8-15(19)9-7-13)24-18(23)14-4-3-5-16(10-14)20-12(2)21/h3-11H,1-2H3,(H,20,21). The van der Waals surface area contributed by atoms with Gasteiger partial charge in [-0.2, -0.15) is 0 Å². The first kappa shape index (κ1) is 17.9. The van der Waals surface area contributed by atoms with E-state index in [0.717, 1.165) is 4.47 Å². The Morgan fingerprint density at radius 2 is 1.71 bits per heavy atom. The SMILES string of the molecule is CC(=O)Nc1cccc(C(=O)OC(C)C(=O)c2ccc(Br)cc2)c1. The number of hydrogen-bond acceptors (Lipinski definition) is 4. The lowest BCUT2D eigenvalue weighted by Crippen LogP contribution is -2.24. The van der Waals surface area contributed by atoms with Gasteiger partial charge in [-0.05, 0) is 37.3 Å². The van der Waals surface area contributed by atoms with Crippen LogP contribution in [0.25, 0.3) is 0 Å². The summed E-state index contributed by atoms with van der Waals surface area (Å²) in [6.07, 6.45) is -0.914. The number of carbonyl (C=O) groups is 3. The van der Waals surface area contributed by atoms with Gasteiger partial charge in [0.25, 0.3) is 0 Å². The van der Waals surface area contributed by atoms with Gasteiger partial charge in [-0.1, -0.05) is 34.1 Å². The fourth-order valence-corrected chi connectivity index (χ4v) is 2.32. The molecule has 0 bridgehead atoms. The number of Topliss-reactive ketones (excluding diaryl/α,β-unsaturated/α-hetero) is 1. The first-order chi connectivity index (χ1) is 11.4. The van der Waals surface area contributed by atoms with E-state index in [9.17, 15) is 14.4 Å². The molecular formula is C18H16BrNO4. The molecule has 0 fully saturated rings. The largest absolute Gasteiger partial charge is 0.451 e. The summed E-state index contributed by atoms with van der Waals surface area (Å²) in [5.41, 5.74) is 1.21. The number of ether oxygens (including phenoxy) is 1. The van der Waals surface area contributed by atoms with Crippen LogP contribution < -0.4 is 5.32 Å². The summed E-state index contributed by atoms with van der Waals surface area (Å²) in [5.74, 6) is -1.15. The van der Waals surface area contributed by atoms with Crippen LogP contribution in [0.15, 0.2) is 53.0 Å². The van der Waals surface area contributed by atoms with E-state index in [1.54, 1.807) is 42.5 Å². The smallest absolute Gasteiger partial charge is 0.338 e. The number of hydrogen-bond donors (Lipinski definition) is 1. The molecule has 0 aromatic heterocycles. The summed E-state index contributed by atoms with van der Waals surface area (Å²) < 4.78 is 6.09. The van der Waals surface area contributed by atoms with E-state index in [2.05, 4.69) is 21.2 Å². The van der Waals surface area contributed by atoms with Gasteiger partial charge in [0.15, 0.2) is 6.10 Å². The van der Waals surface area contributed by atoms with Crippen LogP contribution in [0.3, 0.4) is 0 Å². The zero-order chi connectivity index (χ0) is 17.7. The van der Waals surface area contributed by atoms with Crippen LogP contribution in [-0.4, -0.2) is 23.8 Å². The van der Waals surface area contributed by atoms with Crippen molar-refractivity contribution in [2.45, 2.75) is 20.0 Å². The lowest BCUT2D eigenvalue weighted by molar-refractivity contribution is -0.114. The highest BCUT2D eigenvalue weighted by molar-refractivity contribution is 9.10. The highest BCUT2D eigenvalue weighted by atomic mass is 79.9. The van der Waals surface area contributed by atoms with E-state index in [-0.39, 0.29) is 17.3 Å². The summed E-state index contributed by atoms with van der Waals surface area (Å²) in [6, 6.07) is 13.2. The van der Waals surface area contributed by atoms with E-state index >= 15 is 0 Å². The Kier molecular flexibility index (Phi) is 5.87. The average Bonchev–Trinajstić information content (AvgIpc) is 2.54. The maximum absolute atomic E-state index is 12.3. The molecule has 2 aromatic carbocycles. The topological polar surface area (TPSA) is 72.5 Å². The maximum atomic E-state index is 12.3. The Balaban J connectivity index is 2.07. The van der Waals surface area contributed by atoms with Crippen LogP contribution in [-0.2, 0) is 9.53 Å². The molecule has 0 saturated heterocycles. The highest BCUT2D eigenvalue weighted by Gasteiger charge is 2.20. The van der Waals surface area contributed by atoms with Crippen molar-refractivity contribution in [3.05, 3.63) is 64.1 Å². The second kappa shape index (κ2) is 7.88. The molecule has 0 heterocycles. The van der Waals surface area contributed by atoms with E-state index in [0.29, 0.717) is 11.3 Å². The summed E-state index contributed by atoms with van der Waals surface area (Å²) in [4.78, 5) is 35.5. The quantitative estimate of drug-likeness (QED) is 0.622. The second-order valence-corrected chi connectivity index (χ2v) is 6.10. The van der Waals surface area contributed by atoms with Crippen LogP contribution in [0, 0.1) is 0 Å². The van der Waals surface area contributed by atoms with Crippen LogP contribution in [0.4, 0.5) is 5.69 Å². The number of carbonyl (C=O) groups excluding carboxylic acids is 3. The Morgan fingerprint density at radius 1 is 1.04 bits per heavy atom. The number of anilines is 1. The van der Waals surface area contributed by atoms with Crippen molar-refractivity contribution < 1.29 is 19.1 Å². The zero-order valence-electron chi connectivity index (χ0n) is 13.2. The summed E-state index contributed by atoms with van der Waals surface area (Å²) >= 11 is 3.30. The lowest BCUT2D eigenvalue weighted by Gasteiger charge is -2.13.